The number of carbonyl (C=O) groups is 5. The van der Waals surface area contributed by atoms with E-state index in [1.807, 2.05) is 158 Å². The topological polar surface area (TPSA) is 203 Å². The van der Waals surface area contributed by atoms with Gasteiger partial charge in [-0.05, 0) is 218 Å². The van der Waals surface area contributed by atoms with Crippen LogP contribution in [0.15, 0.2) is 388 Å². The van der Waals surface area contributed by atoms with Crippen molar-refractivity contribution in [1.82, 2.24) is 15.0 Å². The Kier molecular flexibility index (Phi) is 35.8. The monoisotopic (exact) mass is 1890 g/mol. The Labute approximate surface area is 862 Å². The van der Waals surface area contributed by atoms with Crippen LogP contribution in [0.3, 0.4) is 0 Å². The zero-order valence-electron chi connectivity index (χ0n) is 81.1. The molecule has 2 unspecified atom stereocenters. The fraction of sp³-hybridized carbons (Fsp3) is 0.203. The van der Waals surface area contributed by atoms with Gasteiger partial charge in [-0.2, -0.15) is 28.8 Å². The number of anilines is 1. The quantitative estimate of drug-likeness (QED) is 0.0149. The van der Waals surface area contributed by atoms with Crippen molar-refractivity contribution >= 4 is 41.2 Å². The van der Waals surface area contributed by atoms with E-state index in [-0.39, 0.29) is 77.6 Å². The number of allylic oxidation sites excluding steroid dienone is 1. The number of nitrogens with zero attached hydrogens (tertiary/aromatic N) is 6. The van der Waals surface area contributed by atoms with Crippen LogP contribution in [-0.4, -0.2) is 49.8 Å². The van der Waals surface area contributed by atoms with E-state index < -0.39 is 0 Å². The van der Waals surface area contributed by atoms with Gasteiger partial charge in [0.05, 0.1) is 39.9 Å². The molecule has 24 rings (SSSR count). The summed E-state index contributed by atoms with van der Waals surface area (Å²) in [5.41, 5.74) is 41.6. The zero-order chi connectivity index (χ0) is 95.9. The Morgan fingerprint density at radius 1 is 0.434 bits per heavy atom. The van der Waals surface area contributed by atoms with Crippen molar-refractivity contribution < 1.29 is 77.1 Å². The van der Waals surface area contributed by atoms with Crippen LogP contribution < -0.4 is 49.0 Å². The van der Waals surface area contributed by atoms with Gasteiger partial charge in [-0.1, -0.05) is 252 Å². The first-order valence-corrected chi connectivity index (χ1v) is 49.4. The zero-order valence-corrected chi connectivity index (χ0v) is 83.1. The number of hydrogen-bond donors (Lipinski definition) is 1. The molecule has 7 aliphatic rings. The number of benzene rings is 10. The summed E-state index contributed by atoms with van der Waals surface area (Å²) >= 11 is 0. The van der Waals surface area contributed by atoms with Crippen LogP contribution in [0.4, 0.5) is 5.69 Å². The van der Waals surface area contributed by atoms with Gasteiger partial charge in [-0.15, -0.1) is 5.56 Å². The summed E-state index contributed by atoms with van der Waals surface area (Å²) in [6.45, 7) is 3.36. The number of unbranched alkanes of at least 4 members (excludes halogenated alkanes) is 3. The van der Waals surface area contributed by atoms with Gasteiger partial charge in [0.1, 0.15) is 19.9 Å². The van der Waals surface area contributed by atoms with Crippen LogP contribution in [0.5, 0.6) is 0 Å². The molecule has 17 aromatic rings. The number of aryl methyl sites for hydroxylation is 9. The standard InChI is InChI=1S/C38H40N3.C27H20O.C26H23NO2.C15H12O.C10H10O.C6H5NO.C5H6N2.CH4.Na.H2O/c1-3-4-5-10-23-40-26-21-31(22-27-40)41-37-32-13-8-6-11-28(32)15-17-34(37)36(30-19-24-39(2)25-20-30)35-18-16-29-12-7-9-14-33(29)38(35)41;1-2-10-20(11-3-1)25-23-16-14-18-8-4-6-12-21(18)26(23)28-27-22-13-7-5-9-19(22)15-17-24(25)27;28-25-20-7-3-1-5-17(20)9-11-22(25)24(19-13-15-27-16-14-19)23-12-10-18-6-2-4-8-21(18)26(23)29;16-15(14-9-5-2-6-10-14)12-11-13-7-3-1-4-8-13;11-10-7-3-5-8-4-1-2-6-9(8)10;8-5-6-1-3-7-4-2-6;6-5-1-3-7-4-2-5;;;/h6-9,11-14,19-22,24-27H,3-5,10,15-18,23H2,1-2H3;1-6,8-13H,14-17H2;1-8,13-16,22-24H,9-12H2;1-12H;1-2,4,6H,3,5,7H2;1-5H;1-4H,(H2,6,7);1H4;;1H2/q+3;;;;;;;;+1;/p-1/b;;;12-11+;;;;;;. The predicted molar refractivity (Wildman–Crippen MR) is 567 cm³/mol. The second-order valence-corrected chi connectivity index (χ2v) is 36.7. The largest absolute Gasteiger partial charge is 1.00 e. The smallest absolute Gasteiger partial charge is 0.870 e. The van der Waals surface area contributed by atoms with E-state index in [1.165, 1.54) is 137 Å². The van der Waals surface area contributed by atoms with E-state index in [2.05, 4.69) is 213 Å². The molecule has 0 fully saturated rings. The number of rotatable bonds is 15. The summed E-state index contributed by atoms with van der Waals surface area (Å²) in [5.74, 6) is 2.33. The Balaban J connectivity index is 0.000000135. The van der Waals surface area contributed by atoms with Crippen molar-refractivity contribution in [2.24, 2.45) is 18.9 Å². The van der Waals surface area contributed by atoms with Crippen LogP contribution in [-0.2, 0) is 84.2 Å². The maximum Gasteiger partial charge on any atom is 1.00 e. The van der Waals surface area contributed by atoms with Crippen molar-refractivity contribution in [1.29, 1.82) is 0 Å². The van der Waals surface area contributed by atoms with Gasteiger partial charge < -0.3 is 11.2 Å². The Hall–Kier alpha value is -14.9. The predicted octanol–water partition coefficient (Wildman–Crippen LogP) is 23.3. The maximum absolute atomic E-state index is 13.5. The molecule has 0 aliphatic heterocycles. The molecule has 708 valence electrons. The van der Waals surface area contributed by atoms with E-state index in [1.54, 1.807) is 67.5 Å². The summed E-state index contributed by atoms with van der Waals surface area (Å²) in [6, 6.07) is 110. The number of carbonyl (C=O) groups excluding carboxylic acids is 5. The van der Waals surface area contributed by atoms with Crippen LogP contribution in [0.1, 0.15) is 196 Å². The Morgan fingerprint density at radius 2 is 0.867 bits per heavy atom. The molecule has 0 amide bonds. The molecular weight excluding hydrogens is 1770 g/mol. The van der Waals surface area contributed by atoms with E-state index in [0.717, 1.165) is 171 Å². The second kappa shape index (κ2) is 50.0. The van der Waals surface area contributed by atoms with Crippen molar-refractivity contribution in [3.63, 3.8) is 0 Å². The SMILES string of the molecule is C.CCCCCC[n+]1ccc(-[n+]2c3c(c(-c4cc[n+](C)cc4)c4c2-c2ccccc2CC4)CCc2ccccc2-3)cc1.Nc1ccncc1.O=C(/C=C/c1ccccc1)c1ccccc1.O=C1CCCc2ccccc21.O=C1c2ccccc2CCC1C(c1ccncc1)C1CCc2ccccc2C1=O.O=Cc1ccncc1.[Na+].[OH-].[c-]1ccc2c(c1)-c1[o+]c3c(c(-c4ccccc4)c1CC2)CCc1ccccc1-3. The van der Waals surface area contributed by atoms with Crippen LogP contribution >= 0.6 is 0 Å². The van der Waals surface area contributed by atoms with Crippen molar-refractivity contribution in [2.45, 2.75) is 149 Å². The van der Waals surface area contributed by atoms with Gasteiger partial charge in [-0.25, -0.2) is 13.6 Å². The molecule has 0 bridgehead atoms. The van der Waals surface area contributed by atoms with Crippen molar-refractivity contribution in [3.05, 3.63) is 490 Å². The van der Waals surface area contributed by atoms with Crippen molar-refractivity contribution in [3.8, 4) is 73.1 Å². The fourth-order valence-electron chi connectivity index (χ4n) is 21.0. The molecule has 7 aliphatic carbocycles. The van der Waals surface area contributed by atoms with Crippen molar-refractivity contribution in [2.75, 3.05) is 5.73 Å². The first-order chi connectivity index (χ1) is 68.9. The molecule has 0 saturated carbocycles. The molecule has 7 aromatic heterocycles. The number of aromatic nitrogens is 6. The molecule has 14 nitrogen and oxygen atoms in total. The number of nitrogens with two attached hydrogens (primary N) is 1. The van der Waals surface area contributed by atoms with Gasteiger partial charge in [0.2, 0.25) is 17.1 Å². The van der Waals surface area contributed by atoms with Gasteiger partial charge in [-0.3, -0.25) is 38.9 Å². The molecule has 143 heavy (non-hydrogen) atoms. The minimum Gasteiger partial charge on any atom is -0.870 e. The molecule has 0 radical (unpaired) electrons. The van der Waals surface area contributed by atoms with Crippen LogP contribution in [0, 0.1) is 17.9 Å². The number of pyridine rings is 6. The number of aldehydes is 1. The Morgan fingerprint density at radius 3 is 1.38 bits per heavy atom. The summed E-state index contributed by atoms with van der Waals surface area (Å²) in [4.78, 5) is 71.7. The molecular formula is C128H121N7NaO7+3. The van der Waals surface area contributed by atoms with Crippen LogP contribution in [0.2, 0.25) is 0 Å². The van der Waals surface area contributed by atoms with Gasteiger partial charge in [0.25, 0.3) is 0 Å². The van der Waals surface area contributed by atoms with E-state index in [4.69, 9.17) is 10.2 Å². The molecule has 0 spiro atoms. The summed E-state index contributed by atoms with van der Waals surface area (Å²) < 4.78 is 13.8. The number of fused-ring (bicyclic) bond motifs is 15. The Bertz CT molecular complexity index is 7050. The van der Waals surface area contributed by atoms with Gasteiger partial charge in [0.15, 0.2) is 47.9 Å². The van der Waals surface area contributed by atoms with Crippen LogP contribution in [0.25, 0.3) is 79.2 Å². The second-order valence-electron chi connectivity index (χ2n) is 36.7. The van der Waals surface area contributed by atoms with Gasteiger partial charge >= 0.3 is 41.1 Å². The summed E-state index contributed by atoms with van der Waals surface area (Å²) in [7, 11) is 2.10. The number of hydrogen-bond acceptors (Lipinski definition) is 10. The van der Waals surface area contributed by atoms with Gasteiger partial charge in [0, 0.05) is 136 Å². The third kappa shape index (κ3) is 24.1. The number of nitrogen functional groups attached to an aromatic ring is 1. The summed E-state index contributed by atoms with van der Waals surface area (Å²) in [5, 5.41) is 0. The average molecular weight is 1890 g/mol. The third-order valence-corrected chi connectivity index (χ3v) is 27.9. The maximum atomic E-state index is 13.5. The minimum atomic E-state index is -0.175. The molecule has 3 N–H and O–H groups in total. The first kappa shape index (κ1) is 102. The number of Topliss-reactive ketones (excluding diaryl/α,β-unsaturated/α-hetero) is 3. The van der Waals surface area contributed by atoms with E-state index in [0.29, 0.717) is 11.3 Å². The van der Waals surface area contributed by atoms with E-state index >= 15 is 0 Å². The normalized spacial score (nSPS) is 14.3. The summed E-state index contributed by atoms with van der Waals surface area (Å²) in [6.07, 6.45) is 43.0. The minimum absolute atomic E-state index is 0. The number of ketones is 4. The van der Waals surface area contributed by atoms with E-state index in [9.17, 15) is 24.0 Å². The fourth-order valence-corrected chi connectivity index (χ4v) is 21.0. The average Bonchev–Trinajstić information content (AvgIpc) is 0.706. The first-order valence-electron chi connectivity index (χ1n) is 49.4. The molecule has 10 aromatic carbocycles. The molecule has 2 atom stereocenters. The molecule has 15 heteroatoms. The molecule has 0 saturated heterocycles. The third-order valence-electron chi connectivity index (χ3n) is 27.9. The molecule has 7 heterocycles.